The van der Waals surface area contributed by atoms with Crippen molar-refractivity contribution in [2.45, 2.75) is 25.4 Å². The Bertz CT molecular complexity index is 467. The van der Waals surface area contributed by atoms with Gasteiger partial charge in [-0.05, 0) is 59.3 Å². The van der Waals surface area contributed by atoms with Crippen molar-refractivity contribution in [3.8, 4) is 0 Å². The summed E-state index contributed by atoms with van der Waals surface area (Å²) in [6.45, 7) is 0.514. The number of aryl methyl sites for hydroxylation is 2. The molecule has 0 aliphatic carbocycles. The van der Waals surface area contributed by atoms with Crippen LogP contribution < -0.4 is 5.73 Å². The van der Waals surface area contributed by atoms with Crippen molar-refractivity contribution in [3.63, 3.8) is 0 Å². The maximum Gasteiger partial charge on any atom is 0.0802 e. The van der Waals surface area contributed by atoms with E-state index in [1.54, 1.807) is 11.3 Å². The van der Waals surface area contributed by atoms with Crippen LogP contribution in [0, 0.1) is 0 Å². The molecule has 1 unspecified atom stereocenters. The highest BCUT2D eigenvalue weighted by molar-refractivity contribution is 7.07. The second-order valence-corrected chi connectivity index (χ2v) is 5.25. The Labute approximate surface area is 112 Å². The molecule has 1 aromatic carbocycles. The quantitative estimate of drug-likeness (QED) is 0.840. The van der Waals surface area contributed by atoms with Gasteiger partial charge < -0.3 is 10.8 Å². The Morgan fingerprint density at radius 3 is 2.72 bits per heavy atom. The zero-order chi connectivity index (χ0) is 12.8. The smallest absolute Gasteiger partial charge is 0.0802 e. The molecule has 0 saturated carbocycles. The summed E-state index contributed by atoms with van der Waals surface area (Å²) in [5.41, 5.74) is 9.10. The third-order valence-electron chi connectivity index (χ3n) is 3.06. The normalized spacial score (nSPS) is 12.6. The first-order chi connectivity index (χ1) is 8.79. The Kier molecular flexibility index (Phi) is 4.93. The summed E-state index contributed by atoms with van der Waals surface area (Å²) in [5.74, 6) is 0. The van der Waals surface area contributed by atoms with Crippen LogP contribution in [0.1, 0.15) is 29.2 Å². The molecule has 2 aromatic rings. The van der Waals surface area contributed by atoms with Crippen LogP contribution in [-0.2, 0) is 12.8 Å². The molecule has 96 valence electrons. The van der Waals surface area contributed by atoms with Crippen LogP contribution in [0.2, 0.25) is 0 Å². The summed E-state index contributed by atoms with van der Waals surface area (Å²) in [4.78, 5) is 0. The number of hydrogen-bond acceptors (Lipinski definition) is 3. The van der Waals surface area contributed by atoms with Gasteiger partial charge in [0.25, 0.3) is 0 Å². The summed E-state index contributed by atoms with van der Waals surface area (Å²) in [6.07, 6.45) is 2.25. The van der Waals surface area contributed by atoms with Crippen molar-refractivity contribution < 1.29 is 5.11 Å². The van der Waals surface area contributed by atoms with Crippen LogP contribution >= 0.6 is 11.3 Å². The van der Waals surface area contributed by atoms with Gasteiger partial charge in [-0.25, -0.2) is 0 Å². The predicted molar refractivity (Wildman–Crippen MR) is 76.8 cm³/mol. The predicted octanol–water partition coefficient (Wildman–Crippen LogP) is 2.92. The molecular weight excluding hydrogens is 242 g/mol. The van der Waals surface area contributed by atoms with Gasteiger partial charge >= 0.3 is 0 Å². The third-order valence-corrected chi connectivity index (χ3v) is 3.79. The summed E-state index contributed by atoms with van der Waals surface area (Å²) in [7, 11) is 0. The minimum Gasteiger partial charge on any atom is -0.388 e. The first kappa shape index (κ1) is 13.3. The molecule has 1 atom stereocenters. The van der Waals surface area contributed by atoms with E-state index in [1.165, 1.54) is 11.1 Å². The van der Waals surface area contributed by atoms with Gasteiger partial charge in [0.05, 0.1) is 6.10 Å². The fourth-order valence-electron chi connectivity index (χ4n) is 2.00. The lowest BCUT2D eigenvalue weighted by atomic mass is 10.0. The minimum absolute atomic E-state index is 0.434. The lowest BCUT2D eigenvalue weighted by Gasteiger charge is -2.11. The largest absolute Gasteiger partial charge is 0.388 e. The lowest BCUT2D eigenvalue weighted by Crippen LogP contribution is -2.07. The maximum absolute atomic E-state index is 9.92. The van der Waals surface area contributed by atoms with E-state index in [-0.39, 0.29) is 0 Å². The van der Waals surface area contributed by atoms with Gasteiger partial charge in [0.2, 0.25) is 0 Å². The number of aliphatic hydroxyl groups is 1. The molecule has 2 nitrogen and oxygen atoms in total. The minimum atomic E-state index is -0.434. The SMILES string of the molecule is NCCC(O)c1cccc(CCc2ccsc2)c1. The van der Waals surface area contributed by atoms with Crippen molar-refractivity contribution in [2.75, 3.05) is 6.54 Å². The van der Waals surface area contributed by atoms with Crippen LogP contribution in [0.3, 0.4) is 0 Å². The highest BCUT2D eigenvalue weighted by Gasteiger charge is 2.06. The van der Waals surface area contributed by atoms with Crippen molar-refractivity contribution in [2.24, 2.45) is 5.73 Å². The van der Waals surface area contributed by atoms with Crippen LogP contribution in [0.15, 0.2) is 41.1 Å². The Hall–Kier alpha value is -1.16. The summed E-state index contributed by atoms with van der Waals surface area (Å²) in [5, 5.41) is 14.2. The van der Waals surface area contributed by atoms with Crippen molar-refractivity contribution in [1.82, 2.24) is 0 Å². The number of benzene rings is 1. The Morgan fingerprint density at radius 1 is 1.17 bits per heavy atom. The zero-order valence-corrected chi connectivity index (χ0v) is 11.2. The summed E-state index contributed by atoms with van der Waals surface area (Å²) in [6, 6.07) is 10.3. The maximum atomic E-state index is 9.92. The van der Waals surface area contributed by atoms with Gasteiger partial charge in [-0.1, -0.05) is 24.3 Å². The van der Waals surface area contributed by atoms with Gasteiger partial charge in [-0.2, -0.15) is 11.3 Å². The first-order valence-electron chi connectivity index (χ1n) is 6.27. The van der Waals surface area contributed by atoms with E-state index in [9.17, 15) is 5.11 Å². The molecule has 1 heterocycles. The molecule has 18 heavy (non-hydrogen) atoms. The highest BCUT2D eigenvalue weighted by atomic mass is 32.1. The van der Waals surface area contributed by atoms with Crippen molar-refractivity contribution in [1.29, 1.82) is 0 Å². The van der Waals surface area contributed by atoms with Crippen LogP contribution in [0.4, 0.5) is 0 Å². The fraction of sp³-hybridized carbons (Fsp3) is 0.333. The van der Waals surface area contributed by atoms with E-state index >= 15 is 0 Å². The second kappa shape index (κ2) is 6.69. The highest BCUT2D eigenvalue weighted by Crippen LogP contribution is 2.18. The molecule has 0 bridgehead atoms. The molecule has 0 amide bonds. The molecule has 3 N–H and O–H groups in total. The average molecular weight is 261 g/mol. The van der Waals surface area contributed by atoms with Crippen LogP contribution in [0.25, 0.3) is 0 Å². The zero-order valence-electron chi connectivity index (χ0n) is 10.4. The van der Waals surface area contributed by atoms with E-state index < -0.39 is 6.10 Å². The molecule has 0 aliphatic rings. The van der Waals surface area contributed by atoms with Gasteiger partial charge in [0.1, 0.15) is 0 Å². The number of thiophene rings is 1. The third kappa shape index (κ3) is 3.67. The summed E-state index contributed by atoms with van der Waals surface area (Å²) < 4.78 is 0. The molecule has 0 radical (unpaired) electrons. The van der Waals surface area contributed by atoms with E-state index in [1.807, 2.05) is 12.1 Å². The Balaban J connectivity index is 1.98. The topological polar surface area (TPSA) is 46.2 Å². The van der Waals surface area contributed by atoms with Gasteiger partial charge in [0.15, 0.2) is 0 Å². The molecule has 0 spiro atoms. The standard InChI is InChI=1S/C15H19NOS/c16-8-6-15(17)14-3-1-2-12(10-14)4-5-13-7-9-18-11-13/h1-3,7,9-11,15,17H,4-6,8,16H2. The Morgan fingerprint density at radius 2 is 2.00 bits per heavy atom. The molecule has 0 aliphatic heterocycles. The van der Waals surface area contributed by atoms with E-state index in [4.69, 9.17) is 5.73 Å². The fourth-order valence-corrected chi connectivity index (χ4v) is 2.71. The number of hydrogen-bond donors (Lipinski definition) is 2. The number of rotatable bonds is 6. The van der Waals surface area contributed by atoms with E-state index in [2.05, 4.69) is 29.0 Å². The molecule has 3 heteroatoms. The second-order valence-electron chi connectivity index (χ2n) is 4.47. The molecule has 0 saturated heterocycles. The van der Waals surface area contributed by atoms with E-state index in [0.29, 0.717) is 13.0 Å². The lowest BCUT2D eigenvalue weighted by molar-refractivity contribution is 0.170. The van der Waals surface area contributed by atoms with Crippen molar-refractivity contribution >= 4 is 11.3 Å². The summed E-state index contributed by atoms with van der Waals surface area (Å²) >= 11 is 1.74. The molecule has 2 rings (SSSR count). The first-order valence-corrected chi connectivity index (χ1v) is 7.22. The number of nitrogens with two attached hydrogens (primary N) is 1. The van der Waals surface area contributed by atoms with Crippen LogP contribution in [-0.4, -0.2) is 11.7 Å². The van der Waals surface area contributed by atoms with Gasteiger partial charge in [-0.3, -0.25) is 0 Å². The van der Waals surface area contributed by atoms with Crippen molar-refractivity contribution in [3.05, 3.63) is 57.8 Å². The molecule has 1 aromatic heterocycles. The monoisotopic (exact) mass is 261 g/mol. The van der Waals surface area contributed by atoms with Crippen LogP contribution in [0.5, 0.6) is 0 Å². The number of aliphatic hydroxyl groups excluding tert-OH is 1. The van der Waals surface area contributed by atoms with Gasteiger partial charge in [-0.15, -0.1) is 0 Å². The average Bonchev–Trinajstić information content (AvgIpc) is 2.90. The molecular formula is C15H19NOS. The van der Waals surface area contributed by atoms with Gasteiger partial charge in [0, 0.05) is 0 Å². The molecule has 0 fully saturated rings. The van der Waals surface area contributed by atoms with E-state index in [0.717, 1.165) is 18.4 Å².